The van der Waals surface area contributed by atoms with E-state index >= 15 is 0 Å². The van der Waals surface area contributed by atoms with Crippen molar-refractivity contribution in [1.82, 2.24) is 0 Å². The van der Waals surface area contributed by atoms with E-state index in [-0.39, 0.29) is 5.63 Å². The van der Waals surface area contributed by atoms with Gasteiger partial charge in [-0.25, -0.2) is 4.79 Å². The Morgan fingerprint density at radius 2 is 1.94 bits per heavy atom. The molecule has 1 aromatic heterocycles. The van der Waals surface area contributed by atoms with Crippen LogP contribution in [0.25, 0.3) is 11.0 Å². The van der Waals surface area contributed by atoms with Crippen molar-refractivity contribution >= 4 is 22.6 Å². The zero-order valence-corrected chi connectivity index (χ0v) is 9.51. The number of benzene rings is 1. The van der Waals surface area contributed by atoms with Gasteiger partial charge >= 0.3 is 5.63 Å². The predicted molar refractivity (Wildman–Crippen MR) is 64.1 cm³/mol. The molecule has 0 spiro atoms. The van der Waals surface area contributed by atoms with Crippen LogP contribution in [0.4, 0.5) is 0 Å². The molecular formula is C13H11ClO2. The maximum Gasteiger partial charge on any atom is 0.336 e. The van der Waals surface area contributed by atoms with Crippen molar-refractivity contribution < 1.29 is 4.42 Å². The van der Waals surface area contributed by atoms with Gasteiger partial charge in [0.05, 0.1) is 0 Å². The van der Waals surface area contributed by atoms with E-state index in [0.29, 0.717) is 11.5 Å². The molecule has 3 heteroatoms. The zero-order valence-electron chi connectivity index (χ0n) is 8.75. The summed E-state index contributed by atoms with van der Waals surface area (Å²) in [6.45, 7) is 0. The van der Waals surface area contributed by atoms with Gasteiger partial charge in [-0.2, -0.15) is 0 Å². The maximum atomic E-state index is 11.3. The Kier molecular flexibility index (Phi) is 2.25. The van der Waals surface area contributed by atoms with E-state index in [1.54, 1.807) is 0 Å². The fourth-order valence-corrected chi connectivity index (χ4v) is 2.63. The van der Waals surface area contributed by atoms with E-state index < -0.39 is 0 Å². The van der Waals surface area contributed by atoms with Crippen molar-refractivity contribution in [3.63, 3.8) is 0 Å². The summed E-state index contributed by atoms with van der Waals surface area (Å²) in [5.41, 5.74) is 3.89. The van der Waals surface area contributed by atoms with Crippen LogP contribution in [0.2, 0.25) is 0 Å². The van der Waals surface area contributed by atoms with Crippen LogP contribution < -0.4 is 5.63 Å². The van der Waals surface area contributed by atoms with Crippen LogP contribution in [0.3, 0.4) is 0 Å². The largest absolute Gasteiger partial charge is 0.423 e. The molecule has 1 heterocycles. The van der Waals surface area contributed by atoms with Crippen molar-refractivity contribution in [1.29, 1.82) is 0 Å². The van der Waals surface area contributed by atoms with Crippen molar-refractivity contribution in [2.45, 2.75) is 25.1 Å². The molecule has 1 aliphatic carbocycles. The van der Waals surface area contributed by atoms with Crippen molar-refractivity contribution in [3.05, 3.63) is 45.3 Å². The van der Waals surface area contributed by atoms with E-state index in [2.05, 4.69) is 6.07 Å². The minimum Gasteiger partial charge on any atom is -0.423 e. The monoisotopic (exact) mass is 234 g/mol. The number of halogens is 1. The highest BCUT2D eigenvalue weighted by molar-refractivity contribution is 6.17. The Labute approximate surface area is 97.8 Å². The molecule has 3 rings (SSSR count). The van der Waals surface area contributed by atoms with Crippen LogP contribution >= 0.6 is 11.6 Å². The molecule has 0 atom stereocenters. The molecule has 0 amide bonds. The predicted octanol–water partition coefficient (Wildman–Crippen LogP) is 3.02. The van der Waals surface area contributed by atoms with Crippen LogP contribution in [-0.2, 0) is 18.7 Å². The number of aryl methyl sites for hydroxylation is 2. The van der Waals surface area contributed by atoms with Gasteiger partial charge in [-0.3, -0.25) is 0 Å². The fraction of sp³-hybridized carbons (Fsp3) is 0.308. The van der Waals surface area contributed by atoms with E-state index in [9.17, 15) is 4.79 Å². The molecule has 0 saturated carbocycles. The highest BCUT2D eigenvalue weighted by Gasteiger charge is 2.14. The van der Waals surface area contributed by atoms with Crippen LogP contribution in [0.1, 0.15) is 23.1 Å². The third-order valence-corrected chi connectivity index (χ3v) is 3.47. The van der Waals surface area contributed by atoms with Gasteiger partial charge in [0, 0.05) is 17.3 Å². The van der Waals surface area contributed by atoms with Crippen LogP contribution in [0, 0.1) is 0 Å². The second kappa shape index (κ2) is 3.63. The average Bonchev–Trinajstić information content (AvgIpc) is 2.72. The zero-order chi connectivity index (χ0) is 11.1. The number of alkyl halides is 1. The Balaban J connectivity index is 2.39. The summed E-state index contributed by atoms with van der Waals surface area (Å²) in [5, 5.41) is 0.982. The highest BCUT2D eigenvalue weighted by Crippen LogP contribution is 2.28. The van der Waals surface area contributed by atoms with Gasteiger partial charge in [0.1, 0.15) is 5.58 Å². The maximum absolute atomic E-state index is 11.3. The molecule has 0 saturated heterocycles. The molecule has 16 heavy (non-hydrogen) atoms. The number of hydrogen-bond donors (Lipinski definition) is 0. The lowest BCUT2D eigenvalue weighted by atomic mass is 10.0. The number of fused-ring (bicyclic) bond motifs is 2. The molecule has 1 aromatic carbocycles. The lowest BCUT2D eigenvalue weighted by Crippen LogP contribution is -2.00. The van der Waals surface area contributed by atoms with Crippen LogP contribution in [0.5, 0.6) is 0 Å². The first kappa shape index (κ1) is 9.91. The summed E-state index contributed by atoms with van der Waals surface area (Å²) in [4.78, 5) is 11.3. The molecule has 0 aliphatic heterocycles. The fourth-order valence-electron chi connectivity index (χ4n) is 2.41. The average molecular weight is 235 g/mol. The third-order valence-electron chi connectivity index (χ3n) is 3.19. The minimum atomic E-state index is -0.318. The lowest BCUT2D eigenvalue weighted by Gasteiger charge is -2.05. The summed E-state index contributed by atoms with van der Waals surface area (Å²) in [6, 6.07) is 5.60. The first-order chi connectivity index (χ1) is 7.78. The first-order valence-corrected chi connectivity index (χ1v) is 5.96. The van der Waals surface area contributed by atoms with Crippen LogP contribution in [0.15, 0.2) is 27.4 Å². The van der Waals surface area contributed by atoms with Crippen LogP contribution in [-0.4, -0.2) is 0 Å². The molecule has 0 unspecified atom stereocenters. The summed E-state index contributed by atoms with van der Waals surface area (Å²) in [7, 11) is 0. The quantitative estimate of drug-likeness (QED) is 0.561. The minimum absolute atomic E-state index is 0.318. The van der Waals surface area contributed by atoms with E-state index in [1.165, 1.54) is 23.6 Å². The molecular weight excluding hydrogens is 224 g/mol. The van der Waals surface area contributed by atoms with Crippen molar-refractivity contribution in [2.75, 3.05) is 0 Å². The van der Waals surface area contributed by atoms with Gasteiger partial charge in [-0.15, -0.1) is 11.6 Å². The second-order valence-electron chi connectivity index (χ2n) is 4.19. The summed E-state index contributed by atoms with van der Waals surface area (Å²) in [6.07, 6.45) is 3.39. The molecule has 0 bridgehead atoms. The van der Waals surface area contributed by atoms with Gasteiger partial charge in [-0.05, 0) is 48.1 Å². The summed E-state index contributed by atoms with van der Waals surface area (Å²) >= 11 is 5.85. The number of hydrogen-bond acceptors (Lipinski definition) is 2. The lowest BCUT2D eigenvalue weighted by molar-refractivity contribution is 0.559. The highest BCUT2D eigenvalue weighted by atomic mass is 35.5. The SMILES string of the molecule is O=c1cc(CCl)c2cc3c(cc2o1)CCC3. The van der Waals surface area contributed by atoms with Gasteiger partial charge in [-0.1, -0.05) is 0 Å². The molecule has 0 N–H and O–H groups in total. The molecule has 0 radical (unpaired) electrons. The van der Waals surface area contributed by atoms with Crippen molar-refractivity contribution in [3.8, 4) is 0 Å². The van der Waals surface area contributed by atoms with Gasteiger partial charge in [0.2, 0.25) is 0 Å². The molecule has 2 aromatic rings. The molecule has 82 valence electrons. The Morgan fingerprint density at radius 1 is 1.19 bits per heavy atom. The normalized spacial score (nSPS) is 14.3. The topological polar surface area (TPSA) is 30.2 Å². The van der Waals surface area contributed by atoms with E-state index in [4.69, 9.17) is 16.0 Å². The Morgan fingerprint density at radius 3 is 2.69 bits per heavy atom. The molecule has 1 aliphatic rings. The van der Waals surface area contributed by atoms with E-state index in [1.807, 2.05) is 6.07 Å². The second-order valence-corrected chi connectivity index (χ2v) is 4.46. The Bertz CT molecular complexity index is 613. The molecule has 2 nitrogen and oxygen atoms in total. The summed E-state index contributed by atoms with van der Waals surface area (Å²) < 4.78 is 5.22. The van der Waals surface area contributed by atoms with Gasteiger partial charge in [0.15, 0.2) is 0 Å². The first-order valence-electron chi connectivity index (χ1n) is 5.42. The Hall–Kier alpha value is -1.28. The van der Waals surface area contributed by atoms with E-state index in [0.717, 1.165) is 23.8 Å². The smallest absolute Gasteiger partial charge is 0.336 e. The number of rotatable bonds is 1. The van der Waals surface area contributed by atoms with Gasteiger partial charge < -0.3 is 4.42 Å². The molecule has 0 fully saturated rings. The standard InChI is InChI=1S/C13H11ClO2/c14-7-10-6-13(15)16-12-5-9-3-1-2-8(9)4-11(10)12/h4-6H,1-3,7H2. The van der Waals surface area contributed by atoms with Crippen molar-refractivity contribution in [2.24, 2.45) is 0 Å². The van der Waals surface area contributed by atoms with Gasteiger partial charge in [0.25, 0.3) is 0 Å². The summed E-state index contributed by atoms with van der Waals surface area (Å²) in [5.74, 6) is 0.348. The third kappa shape index (κ3) is 1.45.